The summed E-state index contributed by atoms with van der Waals surface area (Å²) in [7, 11) is 0. The van der Waals surface area contributed by atoms with Crippen LogP contribution in [0.4, 0.5) is 4.39 Å². The molecule has 1 amide bonds. The second kappa shape index (κ2) is 8.09. The summed E-state index contributed by atoms with van der Waals surface area (Å²) in [6.07, 6.45) is 4.69. The van der Waals surface area contributed by atoms with E-state index in [-0.39, 0.29) is 12.4 Å². The van der Waals surface area contributed by atoms with Crippen LogP contribution in [0.3, 0.4) is 0 Å². The van der Waals surface area contributed by atoms with Gasteiger partial charge in [-0.25, -0.2) is 4.39 Å². The van der Waals surface area contributed by atoms with Crippen LogP contribution in [0.5, 0.6) is 11.5 Å². The second-order valence-electron chi connectivity index (χ2n) is 5.60. The van der Waals surface area contributed by atoms with Crippen molar-refractivity contribution < 1.29 is 18.7 Å². The van der Waals surface area contributed by atoms with E-state index in [4.69, 9.17) is 15.2 Å². The van der Waals surface area contributed by atoms with E-state index < -0.39 is 11.7 Å². The summed E-state index contributed by atoms with van der Waals surface area (Å²) < 4.78 is 25.2. The third kappa shape index (κ3) is 4.20. The van der Waals surface area contributed by atoms with E-state index in [0.29, 0.717) is 22.8 Å². The highest BCUT2D eigenvalue weighted by molar-refractivity contribution is 9.10. The first-order valence-corrected chi connectivity index (χ1v) is 8.73. The average Bonchev–Trinajstić information content (AvgIpc) is 3.09. The number of halogens is 2. The molecule has 1 aliphatic rings. The van der Waals surface area contributed by atoms with Crippen LogP contribution in [0.1, 0.15) is 15.9 Å². The minimum Gasteiger partial charge on any atom is -0.454 e. The number of allylic oxidation sites excluding steroid dienone is 3. The van der Waals surface area contributed by atoms with Gasteiger partial charge in [0, 0.05) is 21.9 Å². The molecule has 0 bridgehead atoms. The highest BCUT2D eigenvalue weighted by Gasteiger charge is 2.17. The lowest BCUT2D eigenvalue weighted by molar-refractivity contribution is 0.0963. The van der Waals surface area contributed by atoms with Crippen LogP contribution in [-0.4, -0.2) is 12.7 Å². The number of fused-ring (bicyclic) bond motifs is 1. The lowest BCUT2D eigenvalue weighted by atomic mass is 10.1. The fraction of sp³-hybridized carbons (Fsp3) is 0.0500. The zero-order valence-electron chi connectivity index (χ0n) is 14.2. The van der Waals surface area contributed by atoms with Crippen LogP contribution in [0, 0.1) is 5.82 Å². The van der Waals surface area contributed by atoms with E-state index in [2.05, 4.69) is 27.8 Å². The number of carbonyl (C=O) groups excluding carboxylic acids is 1. The van der Waals surface area contributed by atoms with E-state index in [1.54, 1.807) is 30.4 Å². The van der Waals surface area contributed by atoms with Crippen LogP contribution in [0.25, 0.3) is 5.57 Å². The van der Waals surface area contributed by atoms with Crippen molar-refractivity contribution in [2.45, 2.75) is 0 Å². The molecule has 0 radical (unpaired) electrons. The standard InChI is InChI=1S/C20H16BrFN2O3/c1-12(24-20(25)14-4-2-3-5-17(14)22)6-7-13(10-23)15-8-18-19(9-16(15)21)27-11-26-18/h2-10H,1,11,23H2,(H,24,25)/b7-6-,13-10+. The molecular formula is C20H16BrFN2O3. The van der Waals surface area contributed by atoms with Crippen molar-refractivity contribution in [3.8, 4) is 11.5 Å². The van der Waals surface area contributed by atoms with Gasteiger partial charge in [0.15, 0.2) is 11.5 Å². The average molecular weight is 431 g/mol. The van der Waals surface area contributed by atoms with Gasteiger partial charge in [0.2, 0.25) is 6.79 Å². The van der Waals surface area contributed by atoms with Gasteiger partial charge >= 0.3 is 0 Å². The van der Waals surface area contributed by atoms with E-state index >= 15 is 0 Å². The smallest absolute Gasteiger partial charge is 0.258 e. The molecule has 138 valence electrons. The lowest BCUT2D eigenvalue weighted by Gasteiger charge is -2.08. The summed E-state index contributed by atoms with van der Waals surface area (Å²) in [5, 5.41) is 2.54. The molecule has 1 aliphatic heterocycles. The molecule has 0 unspecified atom stereocenters. The lowest BCUT2D eigenvalue weighted by Crippen LogP contribution is -2.22. The van der Waals surface area contributed by atoms with Crippen molar-refractivity contribution in [2.75, 3.05) is 6.79 Å². The Labute approximate surface area is 164 Å². The number of hydrogen-bond acceptors (Lipinski definition) is 4. The van der Waals surface area contributed by atoms with Gasteiger partial charge in [0.25, 0.3) is 5.91 Å². The molecule has 27 heavy (non-hydrogen) atoms. The van der Waals surface area contributed by atoms with Gasteiger partial charge in [-0.2, -0.15) is 0 Å². The fourth-order valence-corrected chi connectivity index (χ4v) is 3.02. The summed E-state index contributed by atoms with van der Waals surface area (Å²) in [5.41, 5.74) is 7.43. The Morgan fingerprint density at radius 3 is 2.59 bits per heavy atom. The van der Waals surface area contributed by atoms with Crippen molar-refractivity contribution >= 4 is 27.4 Å². The topological polar surface area (TPSA) is 73.6 Å². The molecule has 2 aromatic rings. The normalized spacial score (nSPS) is 13.0. The Kier molecular flexibility index (Phi) is 5.61. The Bertz CT molecular complexity index is 970. The molecule has 2 aromatic carbocycles. The molecular weight excluding hydrogens is 415 g/mol. The predicted octanol–water partition coefficient (Wildman–Crippen LogP) is 4.12. The number of carbonyl (C=O) groups is 1. The third-order valence-electron chi connectivity index (χ3n) is 3.81. The summed E-state index contributed by atoms with van der Waals surface area (Å²) in [6, 6.07) is 9.32. The number of hydrogen-bond donors (Lipinski definition) is 2. The predicted molar refractivity (Wildman–Crippen MR) is 105 cm³/mol. The number of nitrogens with one attached hydrogen (secondary N) is 1. The highest BCUT2D eigenvalue weighted by Crippen LogP contribution is 2.39. The van der Waals surface area contributed by atoms with Crippen LogP contribution in [0.15, 0.2) is 71.5 Å². The van der Waals surface area contributed by atoms with Gasteiger partial charge in [-0.3, -0.25) is 4.79 Å². The molecule has 0 saturated heterocycles. The first-order chi connectivity index (χ1) is 13.0. The zero-order valence-corrected chi connectivity index (χ0v) is 15.8. The first kappa shape index (κ1) is 18.7. The Hall–Kier alpha value is -3.06. The molecule has 3 rings (SSSR count). The Morgan fingerprint density at radius 1 is 1.19 bits per heavy atom. The first-order valence-electron chi connectivity index (χ1n) is 7.94. The summed E-state index contributed by atoms with van der Waals surface area (Å²) in [6.45, 7) is 3.93. The molecule has 0 spiro atoms. The van der Waals surface area contributed by atoms with Crippen molar-refractivity contribution in [3.05, 3.63) is 88.4 Å². The fourth-order valence-electron chi connectivity index (χ4n) is 2.46. The van der Waals surface area contributed by atoms with Crippen molar-refractivity contribution in [1.29, 1.82) is 0 Å². The molecule has 0 aromatic heterocycles. The quantitative estimate of drug-likeness (QED) is 0.699. The molecule has 5 nitrogen and oxygen atoms in total. The molecule has 0 atom stereocenters. The minimum atomic E-state index is -0.599. The summed E-state index contributed by atoms with van der Waals surface area (Å²) in [4.78, 5) is 12.1. The molecule has 0 aliphatic carbocycles. The highest BCUT2D eigenvalue weighted by atomic mass is 79.9. The largest absolute Gasteiger partial charge is 0.454 e. The van der Waals surface area contributed by atoms with E-state index in [1.807, 2.05) is 0 Å². The molecule has 0 fully saturated rings. The van der Waals surface area contributed by atoms with Crippen LogP contribution >= 0.6 is 15.9 Å². The molecule has 7 heteroatoms. The van der Waals surface area contributed by atoms with Gasteiger partial charge in [-0.05, 0) is 35.9 Å². The van der Waals surface area contributed by atoms with Crippen molar-refractivity contribution in [3.63, 3.8) is 0 Å². The number of nitrogens with two attached hydrogens (primary N) is 1. The maximum Gasteiger partial charge on any atom is 0.258 e. The number of rotatable bonds is 5. The summed E-state index contributed by atoms with van der Waals surface area (Å²) in [5.74, 6) is 0.0871. The molecule has 1 heterocycles. The third-order valence-corrected chi connectivity index (χ3v) is 4.47. The zero-order chi connectivity index (χ0) is 19.4. The number of ether oxygens (including phenoxy) is 2. The van der Waals surface area contributed by atoms with Crippen molar-refractivity contribution in [2.24, 2.45) is 5.73 Å². The van der Waals surface area contributed by atoms with Gasteiger partial charge < -0.3 is 20.5 Å². The van der Waals surface area contributed by atoms with Crippen LogP contribution in [0.2, 0.25) is 0 Å². The van der Waals surface area contributed by atoms with E-state index in [1.165, 1.54) is 24.4 Å². The minimum absolute atomic E-state index is 0.0554. The Morgan fingerprint density at radius 2 is 1.89 bits per heavy atom. The maximum absolute atomic E-state index is 13.7. The maximum atomic E-state index is 13.7. The van der Waals surface area contributed by atoms with Crippen LogP contribution < -0.4 is 20.5 Å². The number of amides is 1. The van der Waals surface area contributed by atoms with Gasteiger partial charge in [-0.15, -0.1) is 0 Å². The van der Waals surface area contributed by atoms with Gasteiger partial charge in [-0.1, -0.05) is 40.7 Å². The van der Waals surface area contributed by atoms with Gasteiger partial charge in [0.1, 0.15) is 5.82 Å². The summed E-state index contributed by atoms with van der Waals surface area (Å²) >= 11 is 3.48. The second-order valence-corrected chi connectivity index (χ2v) is 6.45. The van der Waals surface area contributed by atoms with E-state index in [0.717, 1.165) is 10.0 Å². The molecule has 3 N–H and O–H groups in total. The molecule has 0 saturated carbocycles. The van der Waals surface area contributed by atoms with Gasteiger partial charge in [0.05, 0.1) is 5.56 Å². The van der Waals surface area contributed by atoms with E-state index in [9.17, 15) is 9.18 Å². The monoisotopic (exact) mass is 430 g/mol. The number of benzene rings is 2. The Balaban J connectivity index is 1.73. The SMILES string of the molecule is C=C(/C=C\C(=C/N)c1cc2c(cc1Br)OCO2)NC(=O)c1ccccc1F. The van der Waals surface area contributed by atoms with Crippen molar-refractivity contribution in [1.82, 2.24) is 5.32 Å². The van der Waals surface area contributed by atoms with Crippen LogP contribution in [-0.2, 0) is 0 Å².